The van der Waals surface area contributed by atoms with Gasteiger partial charge in [-0.15, -0.1) is 0 Å². The highest BCUT2D eigenvalue weighted by Gasteiger charge is 2.37. The lowest BCUT2D eigenvalue weighted by molar-refractivity contribution is -0.136. The van der Waals surface area contributed by atoms with Gasteiger partial charge in [0.1, 0.15) is 0 Å². The van der Waals surface area contributed by atoms with E-state index in [-0.39, 0.29) is 11.5 Å². The van der Waals surface area contributed by atoms with E-state index in [0.717, 1.165) is 22.4 Å². The van der Waals surface area contributed by atoms with Gasteiger partial charge in [-0.05, 0) is 67.8 Å². The number of aryl methyl sites for hydroxylation is 2. The summed E-state index contributed by atoms with van der Waals surface area (Å²) in [6, 6.07) is 13.0. The minimum atomic E-state index is -0.534. The first-order chi connectivity index (χ1) is 12.8. The van der Waals surface area contributed by atoms with Crippen molar-refractivity contribution in [3.05, 3.63) is 81.0 Å². The molecule has 1 aliphatic heterocycles. The van der Waals surface area contributed by atoms with E-state index in [1.165, 1.54) is 7.11 Å². The van der Waals surface area contributed by atoms with Crippen molar-refractivity contribution in [3.8, 4) is 0 Å². The SMILES string of the molecule is COC(=O)C1=C(C)N(c2cc(C)cc(C)c2)C(=O)/C1=C\c1ccc(Cl)cc1. The fraction of sp³-hybridized carbons (Fsp3) is 0.182. The summed E-state index contributed by atoms with van der Waals surface area (Å²) >= 11 is 5.94. The monoisotopic (exact) mass is 381 g/mol. The third kappa shape index (κ3) is 3.67. The average molecular weight is 382 g/mol. The van der Waals surface area contributed by atoms with Crippen LogP contribution >= 0.6 is 11.6 Å². The van der Waals surface area contributed by atoms with E-state index in [0.29, 0.717) is 16.3 Å². The van der Waals surface area contributed by atoms with E-state index in [9.17, 15) is 9.59 Å². The number of amides is 1. The lowest BCUT2D eigenvalue weighted by Crippen LogP contribution is -2.24. The summed E-state index contributed by atoms with van der Waals surface area (Å²) in [6.07, 6.45) is 1.69. The van der Waals surface area contributed by atoms with Gasteiger partial charge in [0, 0.05) is 16.4 Å². The fourth-order valence-corrected chi connectivity index (χ4v) is 3.42. The van der Waals surface area contributed by atoms with Gasteiger partial charge in [0.25, 0.3) is 5.91 Å². The normalized spacial score (nSPS) is 15.7. The van der Waals surface area contributed by atoms with E-state index in [1.54, 1.807) is 42.2 Å². The second-order valence-electron chi connectivity index (χ2n) is 6.55. The van der Waals surface area contributed by atoms with Crippen LogP contribution in [-0.4, -0.2) is 19.0 Å². The summed E-state index contributed by atoms with van der Waals surface area (Å²) in [5, 5.41) is 0.603. The number of rotatable bonds is 3. The molecular formula is C22H20ClNO3. The van der Waals surface area contributed by atoms with Crippen molar-refractivity contribution in [3.63, 3.8) is 0 Å². The number of esters is 1. The van der Waals surface area contributed by atoms with Crippen LogP contribution in [0.3, 0.4) is 0 Å². The predicted octanol–water partition coefficient (Wildman–Crippen LogP) is 4.83. The molecule has 1 heterocycles. The summed E-state index contributed by atoms with van der Waals surface area (Å²) in [4.78, 5) is 27.2. The predicted molar refractivity (Wildman–Crippen MR) is 108 cm³/mol. The first-order valence-electron chi connectivity index (χ1n) is 8.51. The van der Waals surface area contributed by atoms with Crippen LogP contribution in [0.15, 0.2) is 59.3 Å². The highest BCUT2D eigenvalue weighted by molar-refractivity contribution is 6.30. The lowest BCUT2D eigenvalue weighted by atomic mass is 10.0. The summed E-state index contributed by atoms with van der Waals surface area (Å²) in [5.74, 6) is -0.791. The number of nitrogens with zero attached hydrogens (tertiary/aromatic N) is 1. The highest BCUT2D eigenvalue weighted by Crippen LogP contribution is 2.36. The van der Waals surface area contributed by atoms with Crippen LogP contribution in [0, 0.1) is 13.8 Å². The molecule has 27 heavy (non-hydrogen) atoms. The van der Waals surface area contributed by atoms with E-state index < -0.39 is 5.97 Å². The number of benzene rings is 2. The molecule has 0 bridgehead atoms. The summed E-state index contributed by atoms with van der Waals surface area (Å²) in [7, 11) is 1.31. The molecule has 3 rings (SSSR count). The molecule has 4 nitrogen and oxygen atoms in total. The standard InChI is InChI=1S/C22H20ClNO3/c1-13-9-14(2)11-18(10-13)24-15(3)20(22(26)27-4)19(21(24)25)12-16-5-7-17(23)8-6-16/h5-12H,1-4H3/b19-12-. The molecule has 0 unspecified atom stereocenters. The Kier molecular flexibility index (Phi) is 5.19. The molecule has 138 valence electrons. The molecule has 0 N–H and O–H groups in total. The zero-order chi connectivity index (χ0) is 19.7. The van der Waals surface area contributed by atoms with Gasteiger partial charge in [-0.2, -0.15) is 0 Å². The maximum Gasteiger partial charge on any atom is 0.340 e. The summed E-state index contributed by atoms with van der Waals surface area (Å²) < 4.78 is 4.93. The molecular weight excluding hydrogens is 362 g/mol. The number of ether oxygens (including phenoxy) is 1. The van der Waals surface area contributed by atoms with Gasteiger partial charge in [0.2, 0.25) is 0 Å². The van der Waals surface area contributed by atoms with E-state index in [1.807, 2.05) is 32.0 Å². The van der Waals surface area contributed by atoms with Crippen LogP contribution in [0.4, 0.5) is 5.69 Å². The number of anilines is 1. The third-order valence-electron chi connectivity index (χ3n) is 4.44. The molecule has 0 saturated heterocycles. The molecule has 0 fully saturated rings. The molecule has 5 heteroatoms. The van der Waals surface area contributed by atoms with E-state index >= 15 is 0 Å². The Morgan fingerprint density at radius 1 is 1.04 bits per heavy atom. The first kappa shape index (κ1) is 18.9. The van der Waals surface area contributed by atoms with Crippen molar-refractivity contribution in [1.29, 1.82) is 0 Å². The minimum Gasteiger partial charge on any atom is -0.465 e. The van der Waals surface area contributed by atoms with Crippen molar-refractivity contribution < 1.29 is 14.3 Å². The van der Waals surface area contributed by atoms with Crippen molar-refractivity contribution >= 4 is 35.2 Å². The average Bonchev–Trinajstić information content (AvgIpc) is 2.85. The second-order valence-corrected chi connectivity index (χ2v) is 6.98. The zero-order valence-corrected chi connectivity index (χ0v) is 16.4. The Morgan fingerprint density at radius 3 is 2.19 bits per heavy atom. The quantitative estimate of drug-likeness (QED) is 0.565. The third-order valence-corrected chi connectivity index (χ3v) is 4.69. The van der Waals surface area contributed by atoms with Gasteiger partial charge in [-0.25, -0.2) is 4.79 Å². The highest BCUT2D eigenvalue weighted by atomic mass is 35.5. The molecule has 0 atom stereocenters. The fourth-order valence-electron chi connectivity index (χ4n) is 3.30. The van der Waals surface area contributed by atoms with E-state index in [4.69, 9.17) is 16.3 Å². The number of carbonyl (C=O) groups is 2. The topological polar surface area (TPSA) is 46.6 Å². The van der Waals surface area contributed by atoms with Gasteiger partial charge in [-0.3, -0.25) is 9.69 Å². The number of carbonyl (C=O) groups excluding carboxylic acids is 2. The summed E-state index contributed by atoms with van der Waals surface area (Å²) in [5.41, 5.74) is 4.73. The molecule has 0 saturated carbocycles. The molecule has 2 aromatic rings. The van der Waals surface area contributed by atoms with Gasteiger partial charge in [0.05, 0.1) is 18.3 Å². The van der Waals surface area contributed by atoms with Gasteiger partial charge < -0.3 is 4.74 Å². The maximum atomic E-state index is 13.2. The largest absolute Gasteiger partial charge is 0.465 e. The van der Waals surface area contributed by atoms with Gasteiger partial charge >= 0.3 is 5.97 Å². The Bertz CT molecular complexity index is 967. The number of hydrogen-bond acceptors (Lipinski definition) is 3. The van der Waals surface area contributed by atoms with Crippen LogP contribution in [0.5, 0.6) is 0 Å². The molecule has 0 radical (unpaired) electrons. The number of allylic oxidation sites excluding steroid dienone is 1. The van der Waals surface area contributed by atoms with Crippen LogP contribution in [-0.2, 0) is 14.3 Å². The molecule has 0 aromatic heterocycles. The zero-order valence-electron chi connectivity index (χ0n) is 15.7. The van der Waals surface area contributed by atoms with Crippen molar-refractivity contribution in [2.24, 2.45) is 0 Å². The Labute approximate surface area is 163 Å². The Morgan fingerprint density at radius 2 is 1.63 bits per heavy atom. The van der Waals surface area contributed by atoms with Crippen molar-refractivity contribution in [2.75, 3.05) is 12.0 Å². The summed E-state index contributed by atoms with van der Waals surface area (Å²) in [6.45, 7) is 5.70. The van der Waals surface area contributed by atoms with Crippen molar-refractivity contribution in [1.82, 2.24) is 0 Å². The van der Waals surface area contributed by atoms with Crippen LogP contribution in [0.2, 0.25) is 5.02 Å². The molecule has 1 aliphatic rings. The molecule has 1 amide bonds. The Balaban J connectivity index is 2.15. The smallest absolute Gasteiger partial charge is 0.340 e. The molecule has 0 aliphatic carbocycles. The van der Waals surface area contributed by atoms with Crippen LogP contribution < -0.4 is 4.90 Å². The van der Waals surface area contributed by atoms with E-state index in [2.05, 4.69) is 0 Å². The molecule has 2 aromatic carbocycles. The molecule has 0 spiro atoms. The van der Waals surface area contributed by atoms with Crippen LogP contribution in [0.25, 0.3) is 6.08 Å². The number of methoxy groups -OCH3 is 1. The van der Waals surface area contributed by atoms with Gasteiger partial charge in [-0.1, -0.05) is 29.8 Å². The van der Waals surface area contributed by atoms with Crippen LogP contribution in [0.1, 0.15) is 23.6 Å². The second kappa shape index (κ2) is 7.41. The van der Waals surface area contributed by atoms with Gasteiger partial charge in [0.15, 0.2) is 0 Å². The van der Waals surface area contributed by atoms with Crippen molar-refractivity contribution in [2.45, 2.75) is 20.8 Å². The maximum absolute atomic E-state index is 13.2. The first-order valence-corrected chi connectivity index (χ1v) is 8.89. The minimum absolute atomic E-state index is 0.257. The number of halogens is 1. The number of hydrogen-bond donors (Lipinski definition) is 0. The lowest BCUT2D eigenvalue weighted by Gasteiger charge is -2.19. The Hall–Kier alpha value is -2.85.